The van der Waals surface area contributed by atoms with E-state index >= 15 is 0 Å². The van der Waals surface area contributed by atoms with Crippen molar-refractivity contribution in [2.45, 2.75) is 44.1 Å². The summed E-state index contributed by atoms with van der Waals surface area (Å²) in [6.07, 6.45) is 2.49. The minimum absolute atomic E-state index is 0.0762. The molecule has 110 valence electrons. The molecule has 1 aromatic rings. The van der Waals surface area contributed by atoms with Gasteiger partial charge in [0.2, 0.25) is 0 Å². The number of fused-ring (bicyclic) bond motifs is 1. The van der Waals surface area contributed by atoms with Crippen LogP contribution in [-0.4, -0.2) is 45.8 Å². The van der Waals surface area contributed by atoms with E-state index in [2.05, 4.69) is 10.2 Å². The van der Waals surface area contributed by atoms with Gasteiger partial charge in [0.1, 0.15) is 27.4 Å². The Morgan fingerprint density at radius 1 is 1.15 bits per heavy atom. The van der Waals surface area contributed by atoms with E-state index in [0.717, 1.165) is 18.8 Å². The van der Waals surface area contributed by atoms with Gasteiger partial charge in [0.15, 0.2) is 0 Å². The van der Waals surface area contributed by atoms with E-state index < -0.39 is 21.7 Å². The Balaban J connectivity index is 1.88. The lowest BCUT2D eigenvalue weighted by molar-refractivity contribution is -0.139. The van der Waals surface area contributed by atoms with Gasteiger partial charge in [0, 0.05) is 12.5 Å². The summed E-state index contributed by atoms with van der Waals surface area (Å²) in [6.45, 7) is 0.727. The van der Waals surface area contributed by atoms with Crippen LogP contribution >= 0.6 is 0 Å². The predicted octanol–water partition coefficient (Wildman–Crippen LogP) is 0.532. The molecule has 1 N–H and O–H groups in total. The molecule has 1 atom stereocenters. The second-order valence-electron chi connectivity index (χ2n) is 5.53. The Kier molecular flexibility index (Phi) is 3.27. The van der Waals surface area contributed by atoms with Crippen molar-refractivity contribution in [3.05, 3.63) is 11.6 Å². The fraction of sp³-hybridized carbons (Fsp3) is 0.750. The summed E-state index contributed by atoms with van der Waals surface area (Å²) in [4.78, 5) is 11.2. The number of carboxylic acids is 1. The first-order valence-corrected chi connectivity index (χ1v) is 8.66. The highest BCUT2D eigenvalue weighted by Crippen LogP contribution is 2.33. The smallest absolute Gasteiger partial charge is 0.314 e. The van der Waals surface area contributed by atoms with Crippen molar-refractivity contribution < 1.29 is 18.3 Å². The Morgan fingerprint density at radius 3 is 2.45 bits per heavy atom. The maximum Gasteiger partial charge on any atom is 0.314 e. The maximum absolute atomic E-state index is 11.5. The molecule has 0 aliphatic carbocycles. The minimum atomic E-state index is -2.90. The summed E-state index contributed by atoms with van der Waals surface area (Å²) >= 11 is 0. The lowest BCUT2D eigenvalue weighted by atomic mass is 9.97. The first-order valence-electron chi connectivity index (χ1n) is 6.84. The van der Waals surface area contributed by atoms with Crippen LogP contribution < -0.4 is 0 Å². The van der Waals surface area contributed by atoms with E-state index in [9.17, 15) is 18.3 Å². The number of rotatable bonds is 2. The number of aliphatic carboxylic acids is 1. The van der Waals surface area contributed by atoms with E-state index in [-0.39, 0.29) is 17.4 Å². The Bertz CT molecular complexity index is 623. The number of carboxylic acid groups (broad SMARTS) is 1. The molecule has 7 nitrogen and oxygen atoms in total. The molecule has 0 saturated carbocycles. The van der Waals surface area contributed by atoms with Crippen LogP contribution in [0.4, 0.5) is 0 Å². The van der Waals surface area contributed by atoms with Gasteiger partial charge in [-0.1, -0.05) is 0 Å². The average molecular weight is 299 g/mol. The lowest BCUT2D eigenvalue weighted by Crippen LogP contribution is -2.27. The van der Waals surface area contributed by atoms with E-state index in [4.69, 9.17) is 0 Å². The fourth-order valence-electron chi connectivity index (χ4n) is 3.08. The molecule has 1 aromatic heterocycles. The number of hydrogen-bond donors (Lipinski definition) is 1. The van der Waals surface area contributed by atoms with Gasteiger partial charge in [-0.05, 0) is 25.7 Å². The number of aromatic nitrogens is 3. The van der Waals surface area contributed by atoms with Crippen LogP contribution in [0.3, 0.4) is 0 Å². The molecule has 0 bridgehead atoms. The van der Waals surface area contributed by atoms with Gasteiger partial charge in [0.25, 0.3) is 0 Å². The third-order valence-corrected chi connectivity index (χ3v) is 5.93. The highest BCUT2D eigenvalue weighted by atomic mass is 32.2. The number of hydrogen-bond acceptors (Lipinski definition) is 5. The summed E-state index contributed by atoms with van der Waals surface area (Å²) in [5, 5.41) is 17.4. The standard InChI is InChI=1S/C12H17N3O4S/c16-12(17)9-2-1-5-15-10(13-14-11(9)15)8-3-6-20(18,19)7-4-8/h8-9H,1-7H2,(H,16,17). The van der Waals surface area contributed by atoms with Crippen molar-refractivity contribution in [2.24, 2.45) is 0 Å². The van der Waals surface area contributed by atoms with E-state index in [1.165, 1.54) is 0 Å². The number of nitrogens with zero attached hydrogens (tertiary/aromatic N) is 3. The van der Waals surface area contributed by atoms with E-state index in [1.807, 2.05) is 4.57 Å². The molecular formula is C12H17N3O4S. The van der Waals surface area contributed by atoms with E-state index in [1.54, 1.807) is 0 Å². The predicted molar refractivity (Wildman–Crippen MR) is 70.3 cm³/mol. The first kappa shape index (κ1) is 13.5. The normalized spacial score (nSPS) is 26.1. The van der Waals surface area contributed by atoms with Crippen LogP contribution in [0.25, 0.3) is 0 Å². The third kappa shape index (κ3) is 2.32. The summed E-state index contributed by atoms with van der Waals surface area (Å²) in [5.41, 5.74) is 0. The zero-order valence-corrected chi connectivity index (χ0v) is 11.8. The third-order valence-electron chi connectivity index (χ3n) is 4.21. The Morgan fingerprint density at radius 2 is 1.80 bits per heavy atom. The van der Waals surface area contributed by atoms with Crippen LogP contribution in [0, 0.1) is 0 Å². The molecule has 1 fully saturated rings. The molecule has 0 spiro atoms. The zero-order valence-electron chi connectivity index (χ0n) is 11.0. The maximum atomic E-state index is 11.5. The average Bonchev–Trinajstić information content (AvgIpc) is 2.82. The van der Waals surface area contributed by atoms with Gasteiger partial charge in [-0.2, -0.15) is 0 Å². The molecule has 0 radical (unpaired) electrons. The molecule has 1 unspecified atom stereocenters. The van der Waals surface area contributed by atoms with Crippen molar-refractivity contribution in [1.29, 1.82) is 0 Å². The van der Waals surface area contributed by atoms with Crippen LogP contribution in [-0.2, 0) is 21.2 Å². The van der Waals surface area contributed by atoms with E-state index in [0.29, 0.717) is 25.1 Å². The van der Waals surface area contributed by atoms with Crippen LogP contribution in [0.2, 0.25) is 0 Å². The molecule has 3 rings (SSSR count). The first-order chi connectivity index (χ1) is 9.48. The second-order valence-corrected chi connectivity index (χ2v) is 7.83. The lowest BCUT2D eigenvalue weighted by Gasteiger charge is -2.25. The van der Waals surface area contributed by atoms with Crippen molar-refractivity contribution in [1.82, 2.24) is 14.8 Å². The number of carbonyl (C=O) groups is 1. The zero-order chi connectivity index (χ0) is 14.3. The highest BCUT2D eigenvalue weighted by Gasteiger charge is 2.34. The Hall–Kier alpha value is -1.44. The van der Waals surface area contributed by atoms with Gasteiger partial charge in [-0.25, -0.2) is 8.42 Å². The second kappa shape index (κ2) is 4.83. The molecule has 0 aromatic carbocycles. The van der Waals surface area contributed by atoms with Crippen molar-refractivity contribution in [2.75, 3.05) is 11.5 Å². The summed E-state index contributed by atoms with van der Waals surface area (Å²) in [5.74, 6) is 0.276. The molecule has 3 heterocycles. The molecule has 20 heavy (non-hydrogen) atoms. The van der Waals surface area contributed by atoms with Crippen LogP contribution in [0.1, 0.15) is 49.2 Å². The van der Waals surface area contributed by atoms with Crippen LogP contribution in [0.15, 0.2) is 0 Å². The molecule has 0 amide bonds. The van der Waals surface area contributed by atoms with Crippen molar-refractivity contribution >= 4 is 15.8 Å². The largest absolute Gasteiger partial charge is 0.481 e. The van der Waals surface area contributed by atoms with Crippen molar-refractivity contribution in [3.8, 4) is 0 Å². The molecule has 2 aliphatic rings. The summed E-state index contributed by atoms with van der Waals surface area (Å²) < 4.78 is 24.8. The quantitative estimate of drug-likeness (QED) is 0.854. The van der Waals surface area contributed by atoms with Gasteiger partial charge < -0.3 is 9.67 Å². The SMILES string of the molecule is O=C(O)C1CCCn2c(C3CCS(=O)(=O)CC3)nnc21. The topological polar surface area (TPSA) is 102 Å². The summed E-state index contributed by atoms with van der Waals surface area (Å²) in [6, 6.07) is 0. The van der Waals surface area contributed by atoms with Gasteiger partial charge >= 0.3 is 5.97 Å². The molecule has 8 heteroatoms. The fourth-order valence-corrected chi connectivity index (χ4v) is 4.57. The van der Waals surface area contributed by atoms with Crippen molar-refractivity contribution in [3.63, 3.8) is 0 Å². The number of sulfone groups is 1. The molecular weight excluding hydrogens is 282 g/mol. The molecule has 2 aliphatic heterocycles. The van der Waals surface area contributed by atoms with Gasteiger partial charge in [0.05, 0.1) is 11.5 Å². The summed E-state index contributed by atoms with van der Waals surface area (Å²) in [7, 11) is -2.90. The van der Waals surface area contributed by atoms with Gasteiger partial charge in [-0.15, -0.1) is 10.2 Å². The minimum Gasteiger partial charge on any atom is -0.481 e. The highest BCUT2D eigenvalue weighted by molar-refractivity contribution is 7.91. The van der Waals surface area contributed by atoms with Crippen LogP contribution in [0.5, 0.6) is 0 Å². The monoisotopic (exact) mass is 299 g/mol. The molecule has 1 saturated heterocycles. The Labute approximate surface area is 116 Å². The van der Waals surface area contributed by atoms with Gasteiger partial charge in [-0.3, -0.25) is 4.79 Å².